The van der Waals surface area contributed by atoms with Crippen LogP contribution in [0.15, 0.2) is 41.6 Å². The number of nitrogens with one attached hydrogen (secondary N) is 1. The molecule has 1 atom stereocenters. The Kier molecular flexibility index (Phi) is 5.86. The first-order valence-electron chi connectivity index (χ1n) is 9.39. The summed E-state index contributed by atoms with van der Waals surface area (Å²) in [6, 6.07) is 5.96. The molecule has 2 heterocycles. The van der Waals surface area contributed by atoms with Crippen LogP contribution >= 0.6 is 23.2 Å². The zero-order valence-corrected chi connectivity index (χ0v) is 18.7. The molecule has 1 unspecified atom stereocenters. The molecule has 4 rings (SSSR count). The van der Waals surface area contributed by atoms with Crippen molar-refractivity contribution in [2.75, 3.05) is 11.5 Å². The monoisotopic (exact) mass is 524 g/mol. The van der Waals surface area contributed by atoms with Crippen molar-refractivity contribution in [2.45, 2.75) is 24.2 Å². The molecule has 0 saturated carbocycles. The van der Waals surface area contributed by atoms with E-state index in [2.05, 4.69) is 10.5 Å². The third-order valence-electron chi connectivity index (χ3n) is 5.31. The molecule has 1 saturated heterocycles. The maximum atomic E-state index is 14.6. The lowest BCUT2D eigenvalue weighted by Crippen LogP contribution is -2.53. The molecule has 33 heavy (non-hydrogen) atoms. The van der Waals surface area contributed by atoms with Gasteiger partial charge in [0.05, 0.1) is 28.8 Å². The Morgan fingerprint density at radius 3 is 2.30 bits per heavy atom. The standard InChI is InChI=1S/C20H14Cl2F4N2O4S/c21-12-4-11(5-13(22)6-12)19(20(24,25)26)7-17(28-32-19)10-1-2-15(16(23)3-10)18(29)27-14-8-33(30,31)9-14/h1-6,14H,7-9H2,(H,27,29). The second kappa shape index (κ2) is 8.14. The van der Waals surface area contributed by atoms with E-state index in [4.69, 9.17) is 28.0 Å². The maximum absolute atomic E-state index is 14.6. The van der Waals surface area contributed by atoms with Crippen molar-refractivity contribution < 1.29 is 35.6 Å². The molecule has 176 valence electrons. The van der Waals surface area contributed by atoms with Crippen LogP contribution in [-0.2, 0) is 20.3 Å². The zero-order valence-electron chi connectivity index (χ0n) is 16.4. The third kappa shape index (κ3) is 4.53. The first-order valence-corrected chi connectivity index (χ1v) is 12.0. The van der Waals surface area contributed by atoms with E-state index in [0.717, 1.165) is 24.3 Å². The number of sulfone groups is 1. The Hall–Kier alpha value is -2.37. The van der Waals surface area contributed by atoms with Crippen LogP contribution in [0, 0.1) is 5.82 Å². The quantitative estimate of drug-likeness (QED) is 0.606. The predicted molar refractivity (Wildman–Crippen MR) is 113 cm³/mol. The number of benzene rings is 2. The van der Waals surface area contributed by atoms with Crippen molar-refractivity contribution in [2.24, 2.45) is 5.16 Å². The van der Waals surface area contributed by atoms with Gasteiger partial charge in [-0.3, -0.25) is 4.79 Å². The highest BCUT2D eigenvalue weighted by molar-refractivity contribution is 7.92. The average molecular weight is 525 g/mol. The molecule has 0 aromatic heterocycles. The molecule has 2 aliphatic heterocycles. The number of halogens is 6. The molecule has 1 amide bonds. The van der Waals surface area contributed by atoms with Gasteiger partial charge in [-0.2, -0.15) is 13.2 Å². The average Bonchev–Trinajstić information content (AvgIpc) is 3.12. The molecule has 0 bridgehead atoms. The van der Waals surface area contributed by atoms with Crippen LogP contribution in [0.2, 0.25) is 10.0 Å². The van der Waals surface area contributed by atoms with Crippen LogP contribution in [0.5, 0.6) is 0 Å². The number of hydrogen-bond donors (Lipinski definition) is 1. The summed E-state index contributed by atoms with van der Waals surface area (Å²) in [5.74, 6) is -2.31. The SMILES string of the molecule is O=C(NC1CS(=O)(=O)C1)c1ccc(C2=NOC(c3cc(Cl)cc(Cl)c3)(C(F)(F)F)C2)cc1F. The van der Waals surface area contributed by atoms with E-state index < -0.39 is 45.8 Å². The van der Waals surface area contributed by atoms with Crippen molar-refractivity contribution in [3.05, 3.63) is 69.0 Å². The van der Waals surface area contributed by atoms with Gasteiger partial charge in [0.2, 0.25) is 0 Å². The van der Waals surface area contributed by atoms with Gasteiger partial charge in [-0.25, -0.2) is 12.8 Å². The van der Waals surface area contributed by atoms with Gasteiger partial charge in [0, 0.05) is 27.6 Å². The summed E-state index contributed by atoms with van der Waals surface area (Å²) in [7, 11) is -3.18. The molecule has 2 aliphatic rings. The van der Waals surface area contributed by atoms with E-state index in [0.29, 0.717) is 0 Å². The van der Waals surface area contributed by atoms with Crippen molar-refractivity contribution in [3.8, 4) is 0 Å². The van der Waals surface area contributed by atoms with Crippen molar-refractivity contribution in [1.29, 1.82) is 0 Å². The lowest BCUT2D eigenvalue weighted by molar-refractivity contribution is -0.275. The molecule has 13 heteroatoms. The van der Waals surface area contributed by atoms with E-state index in [1.807, 2.05) is 0 Å². The van der Waals surface area contributed by atoms with Gasteiger partial charge in [0.25, 0.3) is 11.5 Å². The van der Waals surface area contributed by atoms with Gasteiger partial charge in [0.15, 0.2) is 9.84 Å². The fraction of sp³-hybridized carbons (Fsp3) is 0.300. The van der Waals surface area contributed by atoms with Crippen LogP contribution in [0.1, 0.15) is 27.9 Å². The number of hydrogen-bond acceptors (Lipinski definition) is 5. The van der Waals surface area contributed by atoms with Crippen molar-refractivity contribution in [3.63, 3.8) is 0 Å². The molecule has 1 fully saturated rings. The molecule has 2 aromatic carbocycles. The predicted octanol–water partition coefficient (Wildman–Crippen LogP) is 4.24. The number of amides is 1. The highest BCUT2D eigenvalue weighted by Gasteiger charge is 2.62. The Morgan fingerprint density at radius 1 is 1.12 bits per heavy atom. The highest BCUT2D eigenvalue weighted by atomic mass is 35.5. The molecule has 1 N–H and O–H groups in total. The summed E-state index contributed by atoms with van der Waals surface area (Å²) < 4.78 is 79.2. The Morgan fingerprint density at radius 2 is 1.76 bits per heavy atom. The Balaban J connectivity index is 1.57. The number of carbonyl (C=O) groups excluding carboxylic acids is 1. The van der Waals surface area contributed by atoms with Gasteiger partial charge in [-0.1, -0.05) is 34.4 Å². The maximum Gasteiger partial charge on any atom is 0.435 e. The van der Waals surface area contributed by atoms with Gasteiger partial charge in [0.1, 0.15) is 5.82 Å². The number of nitrogens with zero attached hydrogens (tertiary/aromatic N) is 1. The first-order chi connectivity index (χ1) is 15.3. The third-order valence-corrected chi connectivity index (χ3v) is 7.56. The minimum absolute atomic E-state index is 0.0190. The van der Waals surface area contributed by atoms with Crippen LogP contribution < -0.4 is 5.32 Å². The van der Waals surface area contributed by atoms with Crippen molar-refractivity contribution in [1.82, 2.24) is 5.32 Å². The summed E-state index contributed by atoms with van der Waals surface area (Å²) >= 11 is 11.7. The van der Waals surface area contributed by atoms with Crippen LogP contribution in [0.3, 0.4) is 0 Å². The number of alkyl halides is 3. The van der Waals surface area contributed by atoms with E-state index in [1.165, 1.54) is 12.1 Å². The van der Waals surface area contributed by atoms with Crippen molar-refractivity contribution >= 4 is 44.7 Å². The lowest BCUT2D eigenvalue weighted by Gasteiger charge is -2.29. The normalized spacial score (nSPS) is 22.3. The minimum Gasteiger partial charge on any atom is -0.374 e. The fourth-order valence-corrected chi connectivity index (χ4v) is 5.46. The number of rotatable bonds is 4. The Labute approximate surface area is 195 Å². The van der Waals surface area contributed by atoms with E-state index in [9.17, 15) is 30.8 Å². The summed E-state index contributed by atoms with van der Waals surface area (Å²) in [5, 5.41) is 5.88. The molecule has 2 aromatic rings. The molecular formula is C20H14Cl2F4N2O4S. The number of oxime groups is 1. The molecule has 0 radical (unpaired) electrons. The van der Waals surface area contributed by atoms with Crippen LogP contribution in [0.4, 0.5) is 17.6 Å². The Bertz CT molecular complexity index is 1250. The van der Waals surface area contributed by atoms with Gasteiger partial charge in [-0.15, -0.1) is 0 Å². The number of carbonyl (C=O) groups is 1. The van der Waals surface area contributed by atoms with Gasteiger partial charge < -0.3 is 10.2 Å². The topological polar surface area (TPSA) is 84.8 Å². The van der Waals surface area contributed by atoms with E-state index in [-0.39, 0.29) is 44.0 Å². The molecular weight excluding hydrogens is 511 g/mol. The zero-order chi connectivity index (χ0) is 24.2. The van der Waals surface area contributed by atoms with E-state index in [1.54, 1.807) is 0 Å². The van der Waals surface area contributed by atoms with Crippen LogP contribution in [-0.4, -0.2) is 43.8 Å². The lowest BCUT2D eigenvalue weighted by atomic mass is 9.86. The second-order valence-corrected chi connectivity index (χ2v) is 10.8. The molecule has 0 aliphatic carbocycles. The fourth-order valence-electron chi connectivity index (χ4n) is 3.64. The minimum atomic E-state index is -4.91. The van der Waals surface area contributed by atoms with Gasteiger partial charge in [-0.05, 0) is 30.3 Å². The summed E-state index contributed by atoms with van der Waals surface area (Å²) in [4.78, 5) is 17.1. The molecule has 0 spiro atoms. The first kappa shape index (κ1) is 23.8. The second-order valence-electron chi connectivity index (χ2n) is 7.73. The highest BCUT2D eigenvalue weighted by Crippen LogP contribution is 2.49. The smallest absolute Gasteiger partial charge is 0.374 e. The molecule has 6 nitrogen and oxygen atoms in total. The summed E-state index contributed by atoms with van der Waals surface area (Å²) in [6.45, 7) is 0. The van der Waals surface area contributed by atoms with Crippen LogP contribution in [0.25, 0.3) is 0 Å². The van der Waals surface area contributed by atoms with E-state index >= 15 is 0 Å². The largest absolute Gasteiger partial charge is 0.435 e. The summed E-state index contributed by atoms with van der Waals surface area (Å²) in [5.41, 5.74) is -3.84. The van der Waals surface area contributed by atoms with Gasteiger partial charge >= 0.3 is 6.18 Å². The summed E-state index contributed by atoms with van der Waals surface area (Å²) in [6.07, 6.45) is -5.69.